The molecule has 0 aliphatic carbocycles. The van der Waals surface area contributed by atoms with E-state index >= 15 is 0 Å². The van der Waals surface area contributed by atoms with Crippen molar-refractivity contribution >= 4 is 13.4 Å². The molecule has 0 radical (unpaired) electrons. The zero-order valence-corrected chi connectivity index (χ0v) is 8.59. The number of hydrogen-bond donors (Lipinski definition) is 2. The van der Waals surface area contributed by atoms with Crippen LogP contribution < -0.4 is 0 Å². The molecule has 0 bridgehead atoms. The third-order valence-electron chi connectivity index (χ3n) is 1.58. The fourth-order valence-corrected chi connectivity index (χ4v) is 1.43. The normalized spacial score (nSPS) is 11.3. The molecule has 0 saturated carbocycles. The summed E-state index contributed by atoms with van der Waals surface area (Å²) in [7, 11) is -4.22. The van der Waals surface area contributed by atoms with Crippen molar-refractivity contribution in [2.45, 2.75) is 26.2 Å². The van der Waals surface area contributed by atoms with Gasteiger partial charge >= 0.3 is 7.60 Å². The van der Waals surface area contributed by atoms with Gasteiger partial charge in [0, 0.05) is 0 Å². The fourth-order valence-electron chi connectivity index (χ4n) is 0.828. The van der Waals surface area contributed by atoms with Gasteiger partial charge in [0.15, 0.2) is 5.78 Å². The van der Waals surface area contributed by atoms with Gasteiger partial charge in [-0.3, -0.25) is 9.36 Å². The Bertz CT molecular complexity index is 241. The van der Waals surface area contributed by atoms with Crippen LogP contribution in [0.15, 0.2) is 12.2 Å². The molecule has 4 nitrogen and oxygen atoms in total. The Morgan fingerprint density at radius 1 is 1.46 bits per heavy atom. The van der Waals surface area contributed by atoms with Gasteiger partial charge in [0.25, 0.3) is 0 Å². The Kier molecular flexibility index (Phi) is 5.14. The van der Waals surface area contributed by atoms with E-state index in [1.54, 1.807) is 0 Å². The van der Waals surface area contributed by atoms with Crippen molar-refractivity contribution in [1.29, 1.82) is 0 Å². The van der Waals surface area contributed by atoms with Gasteiger partial charge in [-0.05, 0) is 18.4 Å². The molecule has 0 aromatic rings. The van der Waals surface area contributed by atoms with Crippen molar-refractivity contribution in [2.75, 3.05) is 6.16 Å². The van der Waals surface area contributed by atoms with Gasteiger partial charge < -0.3 is 9.79 Å². The summed E-state index contributed by atoms with van der Waals surface area (Å²) in [6.07, 6.45) is 1.57. The van der Waals surface area contributed by atoms with Crippen molar-refractivity contribution in [3.8, 4) is 0 Å². The van der Waals surface area contributed by atoms with E-state index in [0.717, 1.165) is 12.8 Å². The Morgan fingerprint density at radius 2 is 2.00 bits per heavy atom. The van der Waals surface area contributed by atoms with Crippen LogP contribution in [0, 0.1) is 0 Å². The van der Waals surface area contributed by atoms with Crippen LogP contribution in [0.2, 0.25) is 0 Å². The van der Waals surface area contributed by atoms with Crippen molar-refractivity contribution in [1.82, 2.24) is 0 Å². The smallest absolute Gasteiger partial charge is 0.324 e. The van der Waals surface area contributed by atoms with E-state index in [1.807, 2.05) is 6.92 Å². The lowest BCUT2D eigenvalue weighted by molar-refractivity contribution is -0.113. The van der Waals surface area contributed by atoms with E-state index < -0.39 is 19.5 Å². The highest BCUT2D eigenvalue weighted by Crippen LogP contribution is 2.34. The maximum Gasteiger partial charge on any atom is 0.333 e. The molecule has 13 heavy (non-hydrogen) atoms. The largest absolute Gasteiger partial charge is 0.333 e. The van der Waals surface area contributed by atoms with Crippen LogP contribution in [-0.2, 0) is 9.36 Å². The van der Waals surface area contributed by atoms with Crippen LogP contribution in [0.25, 0.3) is 0 Å². The summed E-state index contributed by atoms with van der Waals surface area (Å²) < 4.78 is 10.5. The SMILES string of the molecule is C=C(CCCC)C(=O)CP(=O)(O)O. The maximum absolute atomic E-state index is 11.1. The molecule has 0 aromatic heterocycles. The minimum Gasteiger partial charge on any atom is -0.324 e. The van der Waals surface area contributed by atoms with Gasteiger partial charge in [-0.25, -0.2) is 0 Å². The van der Waals surface area contributed by atoms with Crippen molar-refractivity contribution in [3.63, 3.8) is 0 Å². The third kappa shape index (κ3) is 6.70. The monoisotopic (exact) mass is 206 g/mol. The molecule has 2 N–H and O–H groups in total. The fraction of sp³-hybridized carbons (Fsp3) is 0.625. The molecule has 0 aliphatic heterocycles. The summed E-state index contributed by atoms with van der Waals surface area (Å²) in [5, 5.41) is 0. The average molecular weight is 206 g/mol. The van der Waals surface area contributed by atoms with Gasteiger partial charge in [0.1, 0.15) is 6.16 Å². The van der Waals surface area contributed by atoms with Gasteiger partial charge in [0.05, 0.1) is 0 Å². The molecule has 0 heterocycles. The van der Waals surface area contributed by atoms with Crippen LogP contribution in [0.5, 0.6) is 0 Å². The van der Waals surface area contributed by atoms with Crippen LogP contribution in [0.3, 0.4) is 0 Å². The molecule has 0 rings (SSSR count). The van der Waals surface area contributed by atoms with Crippen LogP contribution in [0.4, 0.5) is 0 Å². The molecule has 0 aliphatic rings. The van der Waals surface area contributed by atoms with Crippen molar-refractivity contribution in [2.24, 2.45) is 0 Å². The summed E-state index contributed by atoms with van der Waals surface area (Å²) in [5.74, 6) is -0.526. The molecule has 0 saturated heterocycles. The highest BCUT2D eigenvalue weighted by atomic mass is 31.2. The van der Waals surface area contributed by atoms with Crippen LogP contribution in [0.1, 0.15) is 26.2 Å². The van der Waals surface area contributed by atoms with E-state index in [1.165, 1.54) is 0 Å². The van der Waals surface area contributed by atoms with Crippen molar-refractivity contribution < 1.29 is 19.1 Å². The van der Waals surface area contributed by atoms with Gasteiger partial charge in [-0.1, -0.05) is 19.9 Å². The summed E-state index contributed by atoms with van der Waals surface area (Å²) in [6, 6.07) is 0. The highest BCUT2D eigenvalue weighted by molar-refractivity contribution is 7.52. The first-order valence-electron chi connectivity index (χ1n) is 4.12. The minimum absolute atomic E-state index is 0.310. The number of carbonyl (C=O) groups excluding carboxylic acids is 1. The molecule has 0 unspecified atom stereocenters. The van der Waals surface area contributed by atoms with Crippen LogP contribution in [-0.4, -0.2) is 21.7 Å². The standard InChI is InChI=1S/C8H15O4P/c1-3-4-5-7(2)8(9)6-13(10,11)12/h2-6H2,1H3,(H2,10,11,12). The van der Waals surface area contributed by atoms with Gasteiger partial charge in [-0.15, -0.1) is 0 Å². The van der Waals surface area contributed by atoms with Crippen molar-refractivity contribution in [3.05, 3.63) is 12.2 Å². The lowest BCUT2D eigenvalue weighted by atomic mass is 10.1. The molecule has 76 valence electrons. The predicted molar refractivity (Wildman–Crippen MR) is 50.6 cm³/mol. The lowest BCUT2D eigenvalue weighted by Crippen LogP contribution is -2.07. The number of hydrogen-bond acceptors (Lipinski definition) is 2. The number of unbranched alkanes of at least 4 members (excludes halogenated alkanes) is 1. The third-order valence-corrected chi connectivity index (χ3v) is 2.28. The molecule has 0 atom stereocenters. The average Bonchev–Trinajstić information content (AvgIpc) is 1.96. The predicted octanol–water partition coefficient (Wildman–Crippen LogP) is 1.48. The number of allylic oxidation sites excluding steroid dienone is 1. The number of ketones is 1. The molecule has 0 fully saturated rings. The zero-order valence-electron chi connectivity index (χ0n) is 7.69. The number of rotatable bonds is 6. The summed E-state index contributed by atoms with van der Waals surface area (Å²) >= 11 is 0. The molecule has 0 spiro atoms. The lowest BCUT2D eigenvalue weighted by Gasteiger charge is -2.04. The summed E-state index contributed by atoms with van der Waals surface area (Å²) in [6.45, 7) is 5.46. The van der Waals surface area contributed by atoms with E-state index in [4.69, 9.17) is 9.79 Å². The Morgan fingerprint density at radius 3 is 2.38 bits per heavy atom. The second kappa shape index (κ2) is 5.32. The van der Waals surface area contributed by atoms with Gasteiger partial charge in [-0.2, -0.15) is 0 Å². The van der Waals surface area contributed by atoms with Crippen LogP contribution >= 0.6 is 7.60 Å². The van der Waals surface area contributed by atoms with E-state index in [0.29, 0.717) is 12.0 Å². The summed E-state index contributed by atoms with van der Waals surface area (Å²) in [4.78, 5) is 28.1. The topological polar surface area (TPSA) is 74.6 Å². The first kappa shape index (κ1) is 12.6. The second-order valence-electron chi connectivity index (χ2n) is 2.95. The van der Waals surface area contributed by atoms with Gasteiger partial charge in [0.2, 0.25) is 0 Å². The first-order valence-corrected chi connectivity index (χ1v) is 5.92. The number of carbonyl (C=O) groups is 1. The second-order valence-corrected chi connectivity index (χ2v) is 4.60. The maximum atomic E-state index is 11.1. The molecular weight excluding hydrogens is 191 g/mol. The zero-order chi connectivity index (χ0) is 10.5. The quantitative estimate of drug-likeness (QED) is 0.510. The Labute approximate surface area is 77.8 Å². The highest BCUT2D eigenvalue weighted by Gasteiger charge is 2.20. The Balaban J connectivity index is 3.98. The molecule has 0 amide bonds. The molecular formula is C8H15O4P. The number of Topliss-reactive ketones (excluding diaryl/α,β-unsaturated/α-hetero) is 1. The Hall–Kier alpha value is -0.440. The summed E-state index contributed by atoms with van der Waals surface area (Å²) in [5.41, 5.74) is 0.310. The van der Waals surface area contributed by atoms with E-state index in [9.17, 15) is 9.36 Å². The molecule has 0 aromatic carbocycles. The minimum atomic E-state index is -4.22. The first-order chi connectivity index (χ1) is 5.87. The molecule has 5 heteroatoms. The van der Waals surface area contributed by atoms with E-state index in [2.05, 4.69) is 6.58 Å². The van der Waals surface area contributed by atoms with E-state index in [-0.39, 0.29) is 0 Å².